The Balaban J connectivity index is 3.12. The van der Waals surface area contributed by atoms with Crippen LogP contribution in [-0.4, -0.2) is 21.6 Å². The van der Waals surface area contributed by atoms with Gasteiger partial charge in [-0.2, -0.15) is 0 Å². The minimum absolute atomic E-state index is 0.00482. The second kappa shape index (κ2) is 6.55. The fraction of sp³-hybridized carbons (Fsp3) is 0.600. The van der Waals surface area contributed by atoms with Crippen molar-refractivity contribution in [1.29, 1.82) is 0 Å². The van der Waals surface area contributed by atoms with E-state index in [4.69, 9.17) is 5.11 Å². The molecule has 1 heterocycles. The zero-order valence-corrected chi connectivity index (χ0v) is 12.3. The molecule has 0 aromatic carbocycles. The van der Waals surface area contributed by atoms with E-state index in [0.29, 0.717) is 11.4 Å². The van der Waals surface area contributed by atoms with Gasteiger partial charge in [0.15, 0.2) is 0 Å². The standard InChI is InChI=1S/C15H24N2O2/c1-5-12-9-11(14(18)19)10-13(16-12)17-15(6-2,7-3)8-4/h9-10H,5-8H2,1-4H3,(H,16,17)(H,18,19). The molecule has 0 aliphatic rings. The first-order valence-corrected chi connectivity index (χ1v) is 7.02. The number of nitrogens with one attached hydrogen (secondary N) is 1. The molecule has 1 aromatic rings. The Hall–Kier alpha value is -1.58. The smallest absolute Gasteiger partial charge is 0.335 e. The van der Waals surface area contributed by atoms with Crippen LogP contribution in [0.1, 0.15) is 63.0 Å². The molecule has 4 nitrogen and oxygen atoms in total. The lowest BCUT2D eigenvalue weighted by Crippen LogP contribution is -2.36. The third-order valence-electron chi connectivity index (χ3n) is 3.91. The molecule has 0 aliphatic heterocycles. The van der Waals surface area contributed by atoms with Crippen molar-refractivity contribution in [2.75, 3.05) is 5.32 Å². The van der Waals surface area contributed by atoms with Crippen molar-refractivity contribution in [2.24, 2.45) is 0 Å². The summed E-state index contributed by atoms with van der Waals surface area (Å²) in [6, 6.07) is 3.26. The van der Waals surface area contributed by atoms with Gasteiger partial charge in [-0.15, -0.1) is 0 Å². The van der Waals surface area contributed by atoms with Crippen LogP contribution in [0.2, 0.25) is 0 Å². The Labute approximate surface area is 115 Å². The summed E-state index contributed by atoms with van der Waals surface area (Å²) in [5.74, 6) is -0.238. The Morgan fingerprint density at radius 1 is 1.21 bits per heavy atom. The molecule has 19 heavy (non-hydrogen) atoms. The molecule has 1 rings (SSSR count). The second-order valence-corrected chi connectivity index (χ2v) is 4.86. The summed E-state index contributed by atoms with van der Waals surface area (Å²) in [7, 11) is 0. The number of hydrogen-bond acceptors (Lipinski definition) is 3. The molecule has 1 aromatic heterocycles. The Bertz CT molecular complexity index is 432. The van der Waals surface area contributed by atoms with E-state index in [9.17, 15) is 4.79 Å². The molecule has 0 amide bonds. The number of anilines is 1. The van der Waals surface area contributed by atoms with Crippen molar-refractivity contribution in [3.63, 3.8) is 0 Å². The number of aromatic carboxylic acids is 1. The van der Waals surface area contributed by atoms with Gasteiger partial charge in [0, 0.05) is 11.2 Å². The van der Waals surface area contributed by atoms with Gasteiger partial charge < -0.3 is 10.4 Å². The largest absolute Gasteiger partial charge is 0.478 e. The summed E-state index contributed by atoms with van der Waals surface area (Å²) in [6.45, 7) is 8.40. The summed E-state index contributed by atoms with van der Waals surface area (Å²) in [6.07, 6.45) is 3.69. The number of carboxylic acid groups (broad SMARTS) is 1. The summed E-state index contributed by atoms with van der Waals surface area (Å²) in [5, 5.41) is 12.6. The molecule has 106 valence electrons. The van der Waals surface area contributed by atoms with Crippen LogP contribution in [0.3, 0.4) is 0 Å². The van der Waals surface area contributed by atoms with Crippen LogP contribution in [0, 0.1) is 0 Å². The Morgan fingerprint density at radius 2 is 1.79 bits per heavy atom. The van der Waals surface area contributed by atoms with Gasteiger partial charge in [-0.1, -0.05) is 27.7 Å². The highest BCUT2D eigenvalue weighted by molar-refractivity contribution is 5.88. The van der Waals surface area contributed by atoms with Crippen molar-refractivity contribution >= 4 is 11.8 Å². The summed E-state index contributed by atoms with van der Waals surface area (Å²) >= 11 is 0. The van der Waals surface area contributed by atoms with Gasteiger partial charge in [0.05, 0.1) is 5.56 Å². The van der Waals surface area contributed by atoms with Crippen molar-refractivity contribution in [2.45, 2.75) is 58.9 Å². The molecule has 2 N–H and O–H groups in total. The van der Waals surface area contributed by atoms with Gasteiger partial charge >= 0.3 is 5.97 Å². The first kappa shape index (κ1) is 15.5. The summed E-state index contributed by atoms with van der Waals surface area (Å²) in [5.41, 5.74) is 1.10. The maximum atomic E-state index is 11.1. The van der Waals surface area contributed by atoms with E-state index in [1.54, 1.807) is 12.1 Å². The zero-order chi connectivity index (χ0) is 14.5. The molecule has 0 fully saturated rings. The van der Waals surface area contributed by atoms with Crippen LogP contribution in [0.25, 0.3) is 0 Å². The zero-order valence-electron chi connectivity index (χ0n) is 12.3. The molecular formula is C15H24N2O2. The van der Waals surface area contributed by atoms with Crippen LogP contribution in [0.5, 0.6) is 0 Å². The molecule has 0 radical (unpaired) electrons. The van der Waals surface area contributed by atoms with Crippen molar-refractivity contribution in [3.05, 3.63) is 23.4 Å². The maximum Gasteiger partial charge on any atom is 0.335 e. The molecule has 0 aliphatic carbocycles. The molecule has 0 saturated carbocycles. The van der Waals surface area contributed by atoms with Gasteiger partial charge in [-0.05, 0) is 37.8 Å². The lowest BCUT2D eigenvalue weighted by Gasteiger charge is -2.32. The average Bonchev–Trinajstić information content (AvgIpc) is 2.44. The lowest BCUT2D eigenvalue weighted by atomic mass is 9.90. The van der Waals surface area contributed by atoms with Gasteiger partial charge in [0.2, 0.25) is 0 Å². The van der Waals surface area contributed by atoms with Crippen molar-refractivity contribution in [1.82, 2.24) is 4.98 Å². The van der Waals surface area contributed by atoms with Crippen LogP contribution in [0.15, 0.2) is 12.1 Å². The highest BCUT2D eigenvalue weighted by Gasteiger charge is 2.24. The van der Waals surface area contributed by atoms with E-state index >= 15 is 0 Å². The number of nitrogens with zero attached hydrogens (tertiary/aromatic N) is 1. The predicted octanol–water partition coefficient (Wildman–Crippen LogP) is 3.72. The summed E-state index contributed by atoms with van der Waals surface area (Å²) in [4.78, 5) is 15.6. The first-order valence-electron chi connectivity index (χ1n) is 7.02. The molecule has 0 unspecified atom stereocenters. The molecular weight excluding hydrogens is 240 g/mol. The van der Waals surface area contributed by atoms with Gasteiger partial charge in [0.1, 0.15) is 5.82 Å². The second-order valence-electron chi connectivity index (χ2n) is 4.86. The fourth-order valence-corrected chi connectivity index (χ4v) is 2.24. The average molecular weight is 264 g/mol. The van der Waals surface area contributed by atoms with Crippen LogP contribution < -0.4 is 5.32 Å². The quantitative estimate of drug-likeness (QED) is 0.787. The van der Waals surface area contributed by atoms with Crippen molar-refractivity contribution in [3.8, 4) is 0 Å². The monoisotopic (exact) mass is 264 g/mol. The number of rotatable bonds is 7. The normalized spacial score (nSPS) is 11.4. The fourth-order valence-electron chi connectivity index (χ4n) is 2.24. The highest BCUT2D eigenvalue weighted by Crippen LogP contribution is 2.25. The SMILES string of the molecule is CCc1cc(C(=O)O)cc(NC(CC)(CC)CC)n1. The number of hydrogen-bond donors (Lipinski definition) is 2. The van der Waals surface area contributed by atoms with Gasteiger partial charge in [-0.25, -0.2) is 9.78 Å². The van der Waals surface area contributed by atoms with E-state index < -0.39 is 5.97 Å². The minimum atomic E-state index is -0.907. The lowest BCUT2D eigenvalue weighted by molar-refractivity contribution is 0.0696. The molecule has 0 atom stereocenters. The molecule has 0 bridgehead atoms. The van der Waals surface area contributed by atoms with Gasteiger partial charge in [0.25, 0.3) is 0 Å². The van der Waals surface area contributed by atoms with E-state index in [-0.39, 0.29) is 5.54 Å². The summed E-state index contributed by atoms with van der Waals surface area (Å²) < 4.78 is 0. The van der Waals surface area contributed by atoms with Crippen molar-refractivity contribution < 1.29 is 9.90 Å². The third kappa shape index (κ3) is 3.69. The van der Waals surface area contributed by atoms with Crippen LogP contribution in [-0.2, 0) is 6.42 Å². The molecule has 4 heteroatoms. The molecule has 0 spiro atoms. The Morgan fingerprint density at radius 3 is 2.21 bits per heavy atom. The van der Waals surface area contributed by atoms with Crippen LogP contribution >= 0.6 is 0 Å². The number of carboxylic acids is 1. The van der Waals surface area contributed by atoms with Crippen LogP contribution in [0.4, 0.5) is 5.82 Å². The molecule has 0 saturated heterocycles. The van der Waals surface area contributed by atoms with E-state index in [1.807, 2.05) is 6.92 Å². The third-order valence-corrected chi connectivity index (χ3v) is 3.91. The van der Waals surface area contributed by atoms with Gasteiger partial charge in [-0.3, -0.25) is 0 Å². The highest BCUT2D eigenvalue weighted by atomic mass is 16.4. The number of pyridine rings is 1. The number of aromatic nitrogens is 1. The predicted molar refractivity (Wildman–Crippen MR) is 77.8 cm³/mol. The number of carbonyl (C=O) groups is 1. The first-order chi connectivity index (χ1) is 9.00. The number of aryl methyl sites for hydroxylation is 1. The topological polar surface area (TPSA) is 62.2 Å². The maximum absolute atomic E-state index is 11.1. The van der Waals surface area contributed by atoms with E-state index in [0.717, 1.165) is 31.4 Å². The Kier molecular flexibility index (Phi) is 5.33. The van der Waals surface area contributed by atoms with E-state index in [1.165, 1.54) is 0 Å². The minimum Gasteiger partial charge on any atom is -0.478 e. The van der Waals surface area contributed by atoms with E-state index in [2.05, 4.69) is 31.1 Å².